The highest BCUT2D eigenvalue weighted by Crippen LogP contribution is 2.25. The maximum absolute atomic E-state index is 13.2. The van der Waals surface area contributed by atoms with Gasteiger partial charge in [-0.25, -0.2) is 9.36 Å². The highest BCUT2D eigenvalue weighted by molar-refractivity contribution is 7.98. The van der Waals surface area contributed by atoms with Crippen LogP contribution in [0.4, 0.5) is 0 Å². The fourth-order valence-electron chi connectivity index (χ4n) is 3.58. The SMILES string of the molecule is COc1ccc(SCc2nn(CN3CCCCC3)c(=O)n2-c2ccccc2)cc1. The van der Waals surface area contributed by atoms with Crippen LogP contribution in [0.2, 0.25) is 0 Å². The number of piperidine rings is 1. The van der Waals surface area contributed by atoms with E-state index >= 15 is 0 Å². The molecule has 2 aromatic carbocycles. The maximum Gasteiger partial charge on any atom is 0.351 e. The lowest BCUT2D eigenvalue weighted by molar-refractivity contribution is 0.170. The Labute approximate surface area is 175 Å². The summed E-state index contributed by atoms with van der Waals surface area (Å²) >= 11 is 1.66. The van der Waals surface area contributed by atoms with E-state index in [0.717, 1.165) is 35.2 Å². The first-order chi connectivity index (χ1) is 14.2. The Morgan fingerprint density at radius 3 is 2.41 bits per heavy atom. The molecule has 1 fully saturated rings. The van der Waals surface area contributed by atoms with Crippen molar-refractivity contribution in [3.8, 4) is 11.4 Å². The number of benzene rings is 2. The minimum absolute atomic E-state index is 0.0768. The van der Waals surface area contributed by atoms with Gasteiger partial charge < -0.3 is 4.74 Å². The molecule has 7 heteroatoms. The number of hydrogen-bond acceptors (Lipinski definition) is 5. The summed E-state index contributed by atoms with van der Waals surface area (Å²) in [5.74, 6) is 2.21. The molecular weight excluding hydrogens is 384 g/mol. The van der Waals surface area contributed by atoms with Crippen molar-refractivity contribution in [1.82, 2.24) is 19.2 Å². The summed E-state index contributed by atoms with van der Waals surface area (Å²) in [7, 11) is 1.66. The predicted octanol–water partition coefficient (Wildman–Crippen LogP) is 3.78. The molecule has 0 N–H and O–H groups in total. The number of para-hydroxylation sites is 1. The summed E-state index contributed by atoms with van der Waals surface area (Å²) in [4.78, 5) is 16.6. The van der Waals surface area contributed by atoms with Gasteiger partial charge in [0.2, 0.25) is 0 Å². The minimum atomic E-state index is -0.0768. The van der Waals surface area contributed by atoms with Crippen LogP contribution in [-0.2, 0) is 12.4 Å². The predicted molar refractivity (Wildman–Crippen MR) is 116 cm³/mol. The highest BCUT2D eigenvalue weighted by atomic mass is 32.2. The molecule has 6 nitrogen and oxygen atoms in total. The summed E-state index contributed by atoms with van der Waals surface area (Å²) in [6, 6.07) is 17.7. The van der Waals surface area contributed by atoms with Crippen LogP contribution in [-0.4, -0.2) is 39.4 Å². The van der Waals surface area contributed by atoms with E-state index in [2.05, 4.69) is 4.90 Å². The van der Waals surface area contributed by atoms with Gasteiger partial charge in [0, 0.05) is 4.90 Å². The number of thioether (sulfide) groups is 1. The fourth-order valence-corrected chi connectivity index (χ4v) is 4.40. The lowest BCUT2D eigenvalue weighted by Gasteiger charge is -2.25. The molecule has 1 aliphatic heterocycles. The molecule has 0 saturated carbocycles. The largest absolute Gasteiger partial charge is 0.497 e. The van der Waals surface area contributed by atoms with Gasteiger partial charge in [-0.15, -0.1) is 11.8 Å². The lowest BCUT2D eigenvalue weighted by atomic mass is 10.1. The zero-order valence-corrected chi connectivity index (χ0v) is 17.5. The Morgan fingerprint density at radius 2 is 1.72 bits per heavy atom. The summed E-state index contributed by atoms with van der Waals surface area (Å²) in [5.41, 5.74) is 0.778. The van der Waals surface area contributed by atoms with Gasteiger partial charge in [-0.3, -0.25) is 4.90 Å². The summed E-state index contributed by atoms with van der Waals surface area (Å²) in [6.45, 7) is 2.61. The van der Waals surface area contributed by atoms with E-state index in [-0.39, 0.29) is 5.69 Å². The molecule has 0 aliphatic carbocycles. The Hall–Kier alpha value is -2.51. The highest BCUT2D eigenvalue weighted by Gasteiger charge is 2.18. The van der Waals surface area contributed by atoms with E-state index in [1.807, 2.05) is 54.6 Å². The van der Waals surface area contributed by atoms with Crippen molar-refractivity contribution >= 4 is 11.8 Å². The first-order valence-corrected chi connectivity index (χ1v) is 11.0. The topological polar surface area (TPSA) is 52.3 Å². The number of rotatable bonds is 7. The molecule has 0 bridgehead atoms. The normalized spacial score (nSPS) is 14.8. The van der Waals surface area contributed by atoms with Crippen molar-refractivity contribution in [2.75, 3.05) is 20.2 Å². The van der Waals surface area contributed by atoms with Crippen LogP contribution in [0.3, 0.4) is 0 Å². The van der Waals surface area contributed by atoms with Gasteiger partial charge in [-0.1, -0.05) is 24.6 Å². The van der Waals surface area contributed by atoms with Crippen LogP contribution in [0.15, 0.2) is 64.3 Å². The minimum Gasteiger partial charge on any atom is -0.497 e. The third-order valence-electron chi connectivity index (χ3n) is 5.13. The average Bonchev–Trinajstić information content (AvgIpc) is 3.09. The van der Waals surface area contributed by atoms with E-state index in [0.29, 0.717) is 12.4 Å². The first kappa shape index (κ1) is 19.8. The third kappa shape index (κ3) is 4.74. The lowest BCUT2D eigenvalue weighted by Crippen LogP contribution is -2.36. The smallest absolute Gasteiger partial charge is 0.351 e. The molecule has 3 aromatic rings. The quantitative estimate of drug-likeness (QED) is 0.555. The van der Waals surface area contributed by atoms with Gasteiger partial charge in [-0.2, -0.15) is 9.78 Å². The van der Waals surface area contributed by atoms with Crippen molar-refractivity contribution in [1.29, 1.82) is 0 Å². The van der Waals surface area contributed by atoms with Gasteiger partial charge in [-0.05, 0) is 62.3 Å². The Bertz CT molecular complexity index is 976. The van der Waals surface area contributed by atoms with Gasteiger partial charge in [0.05, 0.1) is 25.2 Å². The molecule has 0 unspecified atom stereocenters. The van der Waals surface area contributed by atoms with E-state index in [4.69, 9.17) is 9.84 Å². The Kier molecular flexibility index (Phi) is 6.36. The van der Waals surface area contributed by atoms with Gasteiger partial charge in [0.1, 0.15) is 11.6 Å². The molecule has 0 amide bonds. The molecule has 1 aliphatic rings. The molecule has 0 spiro atoms. The fraction of sp³-hybridized carbons (Fsp3) is 0.364. The maximum atomic E-state index is 13.2. The second kappa shape index (κ2) is 9.33. The molecule has 152 valence electrons. The monoisotopic (exact) mass is 410 g/mol. The summed E-state index contributed by atoms with van der Waals surface area (Å²) in [5, 5.41) is 4.71. The Morgan fingerprint density at radius 1 is 1.00 bits per heavy atom. The number of hydrogen-bond donors (Lipinski definition) is 0. The molecule has 1 aromatic heterocycles. The van der Waals surface area contributed by atoms with Crippen LogP contribution in [0.25, 0.3) is 5.69 Å². The van der Waals surface area contributed by atoms with Crippen molar-refractivity contribution in [2.45, 2.75) is 36.6 Å². The molecule has 29 heavy (non-hydrogen) atoms. The number of likely N-dealkylation sites (tertiary alicyclic amines) is 1. The molecule has 1 saturated heterocycles. The second-order valence-electron chi connectivity index (χ2n) is 7.15. The van der Waals surface area contributed by atoms with E-state index in [9.17, 15) is 4.79 Å². The van der Waals surface area contributed by atoms with Crippen LogP contribution in [0, 0.1) is 0 Å². The van der Waals surface area contributed by atoms with Crippen LogP contribution in [0.1, 0.15) is 25.1 Å². The van der Waals surface area contributed by atoms with Gasteiger partial charge in [0.25, 0.3) is 0 Å². The number of aromatic nitrogens is 3. The van der Waals surface area contributed by atoms with Crippen LogP contribution in [0.5, 0.6) is 5.75 Å². The van der Waals surface area contributed by atoms with Crippen LogP contribution < -0.4 is 10.4 Å². The molecule has 4 rings (SSSR count). The van der Waals surface area contributed by atoms with Crippen molar-refractivity contribution in [2.24, 2.45) is 0 Å². The van der Waals surface area contributed by atoms with E-state index < -0.39 is 0 Å². The standard InChI is InChI=1S/C22H26N4O2S/c1-28-19-10-12-20(13-11-19)29-16-21-23-25(17-24-14-6-3-7-15-24)22(27)26(21)18-8-4-2-5-9-18/h2,4-5,8-13H,3,6-7,14-17H2,1H3. The van der Waals surface area contributed by atoms with Crippen molar-refractivity contribution in [3.63, 3.8) is 0 Å². The van der Waals surface area contributed by atoms with Crippen molar-refractivity contribution in [3.05, 3.63) is 70.9 Å². The molecule has 0 atom stereocenters. The average molecular weight is 411 g/mol. The van der Waals surface area contributed by atoms with Crippen molar-refractivity contribution < 1.29 is 4.74 Å². The second-order valence-corrected chi connectivity index (χ2v) is 8.20. The zero-order valence-electron chi connectivity index (χ0n) is 16.7. The first-order valence-electron chi connectivity index (χ1n) is 9.98. The summed E-state index contributed by atoms with van der Waals surface area (Å²) < 4.78 is 8.58. The number of nitrogens with zero attached hydrogens (tertiary/aromatic N) is 4. The Balaban J connectivity index is 1.59. The molecule has 2 heterocycles. The third-order valence-corrected chi connectivity index (χ3v) is 6.14. The summed E-state index contributed by atoms with van der Waals surface area (Å²) in [6.07, 6.45) is 3.65. The van der Waals surface area contributed by atoms with Gasteiger partial charge >= 0.3 is 5.69 Å². The van der Waals surface area contributed by atoms with Gasteiger partial charge in [0.15, 0.2) is 0 Å². The zero-order chi connectivity index (χ0) is 20.1. The van der Waals surface area contributed by atoms with Crippen LogP contribution >= 0.6 is 11.8 Å². The van der Waals surface area contributed by atoms with E-state index in [1.54, 1.807) is 28.1 Å². The molecule has 0 radical (unpaired) electrons. The van der Waals surface area contributed by atoms with E-state index in [1.165, 1.54) is 19.3 Å². The number of ether oxygens (including phenoxy) is 1. The number of methoxy groups -OCH3 is 1. The molecular formula is C22H26N4O2S.